The number of imidazole rings is 1. The number of carbonyl (C=O) groups excluding carboxylic acids is 1. The second kappa shape index (κ2) is 7.14. The van der Waals surface area contributed by atoms with Gasteiger partial charge < -0.3 is 14.8 Å². The normalized spacial score (nSPS) is 16.9. The van der Waals surface area contributed by atoms with Crippen molar-refractivity contribution >= 4 is 16.1 Å². The van der Waals surface area contributed by atoms with Crippen LogP contribution in [0.25, 0.3) is 0 Å². The summed E-state index contributed by atoms with van der Waals surface area (Å²) in [4.78, 5) is 17.7. The smallest absolute Gasteiger partial charge is 0.317 e. The van der Waals surface area contributed by atoms with Crippen molar-refractivity contribution in [1.29, 1.82) is 0 Å². The fraction of sp³-hybridized carbons (Fsp3) is 0.571. The molecule has 1 aliphatic heterocycles. The van der Waals surface area contributed by atoms with Gasteiger partial charge in [-0.3, -0.25) is 0 Å². The van der Waals surface area contributed by atoms with Crippen molar-refractivity contribution in [2.75, 3.05) is 32.7 Å². The zero-order chi connectivity index (χ0) is 17.0. The summed E-state index contributed by atoms with van der Waals surface area (Å²) in [5.74, 6) is 0.642. The van der Waals surface area contributed by atoms with E-state index in [0.29, 0.717) is 38.4 Å². The summed E-state index contributed by atoms with van der Waals surface area (Å²) in [6.07, 6.45) is 3.71. The Balaban J connectivity index is 2.07. The summed E-state index contributed by atoms with van der Waals surface area (Å²) in [5, 5.41) is 2.77. The molecule has 0 atom stereocenters. The molecule has 1 fully saturated rings. The lowest BCUT2D eigenvalue weighted by molar-refractivity contribution is 0.201. The van der Waals surface area contributed by atoms with Gasteiger partial charge in [0.1, 0.15) is 5.82 Å². The maximum atomic E-state index is 12.7. The van der Waals surface area contributed by atoms with E-state index in [1.807, 2.05) is 0 Å². The van der Waals surface area contributed by atoms with Crippen LogP contribution in [0.15, 0.2) is 23.9 Å². The zero-order valence-electron chi connectivity index (χ0n) is 13.5. The number of aryl methyl sites for hydroxylation is 2. The third-order valence-corrected chi connectivity index (χ3v) is 5.60. The van der Waals surface area contributed by atoms with Crippen LogP contribution >= 0.6 is 0 Å². The fourth-order valence-electron chi connectivity index (χ4n) is 2.39. The highest BCUT2D eigenvalue weighted by Crippen LogP contribution is 2.17. The van der Waals surface area contributed by atoms with Gasteiger partial charge in [-0.05, 0) is 13.3 Å². The Bertz CT molecular complexity index is 663. The molecule has 8 nitrogen and oxygen atoms in total. The number of nitrogens with zero attached hydrogens (tertiary/aromatic N) is 4. The number of hydrogen-bond acceptors (Lipinski definition) is 4. The minimum absolute atomic E-state index is 0.0575. The van der Waals surface area contributed by atoms with E-state index in [2.05, 4.69) is 16.9 Å². The summed E-state index contributed by atoms with van der Waals surface area (Å²) < 4.78 is 28.4. The molecule has 2 amide bonds. The van der Waals surface area contributed by atoms with Crippen molar-refractivity contribution in [3.8, 4) is 0 Å². The topological polar surface area (TPSA) is 87.5 Å². The minimum Gasteiger partial charge on any atom is -0.337 e. The van der Waals surface area contributed by atoms with Gasteiger partial charge in [-0.2, -0.15) is 4.31 Å². The summed E-state index contributed by atoms with van der Waals surface area (Å²) >= 11 is 0. The quantitative estimate of drug-likeness (QED) is 0.799. The molecule has 0 aromatic carbocycles. The van der Waals surface area contributed by atoms with Gasteiger partial charge in [0.15, 0.2) is 5.03 Å². The summed E-state index contributed by atoms with van der Waals surface area (Å²) in [6.45, 7) is 7.22. The number of aromatic nitrogens is 2. The van der Waals surface area contributed by atoms with E-state index in [4.69, 9.17) is 0 Å². The number of nitrogens with one attached hydrogen (secondary N) is 1. The highest BCUT2D eigenvalue weighted by Gasteiger charge is 2.30. The summed E-state index contributed by atoms with van der Waals surface area (Å²) in [6, 6.07) is -0.196. The van der Waals surface area contributed by atoms with Crippen molar-refractivity contribution < 1.29 is 13.2 Å². The molecular formula is C14H23N5O3S. The van der Waals surface area contributed by atoms with E-state index in [0.717, 1.165) is 0 Å². The Morgan fingerprint density at radius 1 is 1.39 bits per heavy atom. The van der Waals surface area contributed by atoms with Gasteiger partial charge in [0, 0.05) is 46.0 Å². The van der Waals surface area contributed by atoms with E-state index >= 15 is 0 Å². The van der Waals surface area contributed by atoms with Crippen LogP contribution in [0.2, 0.25) is 0 Å². The second-order valence-electron chi connectivity index (χ2n) is 5.46. The molecule has 128 valence electrons. The molecule has 1 aliphatic rings. The highest BCUT2D eigenvalue weighted by molar-refractivity contribution is 7.89. The molecule has 9 heteroatoms. The first-order chi connectivity index (χ1) is 10.9. The van der Waals surface area contributed by atoms with Crippen LogP contribution in [-0.4, -0.2) is 65.9 Å². The molecule has 1 aromatic rings. The van der Waals surface area contributed by atoms with Crippen LogP contribution in [0.1, 0.15) is 12.2 Å². The van der Waals surface area contributed by atoms with Crippen molar-refractivity contribution in [1.82, 2.24) is 24.1 Å². The summed E-state index contributed by atoms with van der Waals surface area (Å²) in [7, 11) is -1.87. The molecular weight excluding hydrogens is 318 g/mol. The van der Waals surface area contributed by atoms with Crippen LogP contribution in [0.5, 0.6) is 0 Å². The van der Waals surface area contributed by atoms with Crippen LogP contribution < -0.4 is 5.32 Å². The largest absolute Gasteiger partial charge is 0.337 e. The Morgan fingerprint density at radius 2 is 2.13 bits per heavy atom. The minimum atomic E-state index is -3.63. The van der Waals surface area contributed by atoms with Gasteiger partial charge >= 0.3 is 6.03 Å². The molecule has 1 N–H and O–H groups in total. The third-order valence-electron chi connectivity index (χ3n) is 3.83. The molecule has 0 aliphatic carbocycles. The van der Waals surface area contributed by atoms with Crippen molar-refractivity contribution in [2.24, 2.45) is 7.05 Å². The highest BCUT2D eigenvalue weighted by atomic mass is 32.2. The average Bonchev–Trinajstić information content (AvgIpc) is 2.74. The molecule has 0 saturated carbocycles. The molecule has 1 aromatic heterocycles. The van der Waals surface area contributed by atoms with E-state index in [-0.39, 0.29) is 17.6 Å². The lowest BCUT2D eigenvalue weighted by Gasteiger charge is -2.21. The third kappa shape index (κ3) is 3.91. The molecule has 0 spiro atoms. The second-order valence-corrected chi connectivity index (χ2v) is 7.34. The molecule has 2 rings (SSSR count). The van der Waals surface area contributed by atoms with Gasteiger partial charge in [0.05, 0.1) is 0 Å². The Hall–Kier alpha value is -1.87. The van der Waals surface area contributed by atoms with Crippen LogP contribution in [0, 0.1) is 6.92 Å². The van der Waals surface area contributed by atoms with E-state index < -0.39 is 10.0 Å². The number of amides is 2. The van der Waals surface area contributed by atoms with Crippen molar-refractivity contribution in [3.05, 3.63) is 24.7 Å². The number of hydrogen-bond donors (Lipinski definition) is 1. The Kier molecular flexibility index (Phi) is 5.42. The average molecular weight is 341 g/mol. The number of rotatable bonds is 4. The molecule has 2 heterocycles. The summed E-state index contributed by atoms with van der Waals surface area (Å²) in [5.41, 5.74) is 0. The van der Waals surface area contributed by atoms with Crippen LogP contribution in [-0.2, 0) is 17.1 Å². The van der Waals surface area contributed by atoms with E-state index in [1.165, 1.54) is 10.5 Å². The van der Waals surface area contributed by atoms with Crippen LogP contribution in [0.3, 0.4) is 0 Å². The maximum Gasteiger partial charge on any atom is 0.317 e. The SMILES string of the molecule is C=CCNC(=O)N1CCCN(S(=O)(=O)c2cn(C)c(C)n2)CC1. The predicted molar refractivity (Wildman–Crippen MR) is 86.5 cm³/mol. The predicted octanol–water partition coefficient (Wildman–Crippen LogP) is 0.321. The molecule has 0 unspecified atom stereocenters. The Labute approximate surface area is 136 Å². The van der Waals surface area contributed by atoms with Gasteiger partial charge in [-0.15, -0.1) is 6.58 Å². The monoisotopic (exact) mass is 341 g/mol. The molecule has 23 heavy (non-hydrogen) atoms. The standard InChI is InChI=1S/C14H23N5O3S/c1-4-6-15-14(20)18-7-5-8-19(10-9-18)23(21,22)13-11-17(3)12(2)16-13/h4,11H,1,5-10H2,2-3H3,(H,15,20). The first-order valence-corrected chi connectivity index (χ1v) is 8.94. The van der Waals surface area contributed by atoms with Gasteiger partial charge in [-0.1, -0.05) is 6.08 Å². The lowest BCUT2D eigenvalue weighted by atomic mass is 10.4. The fourth-order valence-corrected chi connectivity index (χ4v) is 3.89. The molecule has 1 saturated heterocycles. The van der Waals surface area contributed by atoms with E-state index in [9.17, 15) is 13.2 Å². The number of sulfonamides is 1. The molecule has 0 bridgehead atoms. The Morgan fingerprint density at radius 3 is 2.74 bits per heavy atom. The molecule has 0 radical (unpaired) electrons. The lowest BCUT2D eigenvalue weighted by Crippen LogP contribution is -2.42. The number of urea groups is 1. The first kappa shape index (κ1) is 17.5. The van der Waals surface area contributed by atoms with E-state index in [1.54, 1.807) is 29.5 Å². The van der Waals surface area contributed by atoms with Crippen molar-refractivity contribution in [3.63, 3.8) is 0 Å². The van der Waals surface area contributed by atoms with Crippen molar-refractivity contribution in [2.45, 2.75) is 18.4 Å². The zero-order valence-corrected chi connectivity index (χ0v) is 14.3. The van der Waals surface area contributed by atoms with Gasteiger partial charge in [-0.25, -0.2) is 18.2 Å². The van der Waals surface area contributed by atoms with Crippen LogP contribution in [0.4, 0.5) is 4.79 Å². The number of carbonyl (C=O) groups is 1. The van der Waals surface area contributed by atoms with Gasteiger partial charge in [0.25, 0.3) is 10.0 Å². The maximum absolute atomic E-state index is 12.7. The first-order valence-electron chi connectivity index (χ1n) is 7.50. The van der Waals surface area contributed by atoms with Gasteiger partial charge in [0.2, 0.25) is 0 Å².